The summed E-state index contributed by atoms with van der Waals surface area (Å²) in [6, 6.07) is 1.26. The molecule has 1 aromatic carbocycles. The molecule has 0 aliphatic heterocycles. The van der Waals surface area contributed by atoms with Crippen molar-refractivity contribution in [3.8, 4) is 0 Å². The van der Waals surface area contributed by atoms with Crippen molar-refractivity contribution in [3.63, 3.8) is 0 Å². The summed E-state index contributed by atoms with van der Waals surface area (Å²) in [5.74, 6) is -4.88. The van der Waals surface area contributed by atoms with Gasteiger partial charge in [0.15, 0.2) is 0 Å². The van der Waals surface area contributed by atoms with Crippen LogP contribution in [0, 0.1) is 11.6 Å². The Morgan fingerprint density at radius 2 is 1.63 bits per heavy atom. The van der Waals surface area contributed by atoms with E-state index in [0.29, 0.717) is 25.0 Å². The van der Waals surface area contributed by atoms with Crippen LogP contribution in [0.1, 0.15) is 41.6 Å². The average molecular weight is 270 g/mol. The van der Waals surface area contributed by atoms with E-state index >= 15 is 0 Å². The van der Waals surface area contributed by atoms with Gasteiger partial charge in [-0.05, 0) is 25.0 Å². The predicted octanol–water partition coefficient (Wildman–Crippen LogP) is 2.56. The van der Waals surface area contributed by atoms with Gasteiger partial charge in [-0.2, -0.15) is 0 Å². The molecule has 1 aromatic rings. The number of carbonyl (C=O) groups is 2. The molecule has 0 atom stereocenters. The van der Waals surface area contributed by atoms with E-state index in [-0.39, 0.29) is 18.4 Å². The Bertz CT molecular complexity index is 548. The third kappa shape index (κ3) is 2.07. The van der Waals surface area contributed by atoms with E-state index < -0.39 is 34.6 Å². The number of rotatable bonds is 3. The van der Waals surface area contributed by atoms with Gasteiger partial charge < -0.3 is 10.2 Å². The van der Waals surface area contributed by atoms with Gasteiger partial charge in [-0.1, -0.05) is 12.8 Å². The van der Waals surface area contributed by atoms with Crippen LogP contribution in [0.5, 0.6) is 0 Å². The van der Waals surface area contributed by atoms with Crippen LogP contribution in [-0.2, 0) is 10.2 Å². The molecule has 4 nitrogen and oxygen atoms in total. The van der Waals surface area contributed by atoms with E-state index in [4.69, 9.17) is 5.11 Å². The normalized spacial score (nSPS) is 17.4. The molecule has 0 aromatic heterocycles. The fourth-order valence-corrected chi connectivity index (χ4v) is 2.65. The fourth-order valence-electron chi connectivity index (χ4n) is 2.65. The quantitative estimate of drug-likeness (QED) is 0.885. The van der Waals surface area contributed by atoms with Crippen LogP contribution in [0.25, 0.3) is 0 Å². The second-order valence-electron chi connectivity index (χ2n) is 4.71. The molecular weight excluding hydrogens is 258 g/mol. The molecule has 0 saturated heterocycles. The first-order valence-corrected chi connectivity index (χ1v) is 5.85. The molecule has 0 radical (unpaired) electrons. The minimum absolute atomic E-state index is 0.227. The molecule has 6 heteroatoms. The predicted molar refractivity (Wildman–Crippen MR) is 61.1 cm³/mol. The molecule has 0 bridgehead atoms. The molecule has 102 valence electrons. The first-order chi connectivity index (χ1) is 8.88. The molecule has 2 rings (SSSR count). The fraction of sp³-hybridized carbons (Fsp3) is 0.385. The summed E-state index contributed by atoms with van der Waals surface area (Å²) in [7, 11) is 0. The summed E-state index contributed by atoms with van der Waals surface area (Å²) in [5.41, 5.74) is -2.50. The third-order valence-electron chi connectivity index (χ3n) is 3.67. The molecule has 1 aliphatic carbocycles. The van der Waals surface area contributed by atoms with Crippen molar-refractivity contribution >= 4 is 11.9 Å². The summed E-state index contributed by atoms with van der Waals surface area (Å²) in [4.78, 5) is 22.1. The Morgan fingerprint density at radius 1 is 1.05 bits per heavy atom. The van der Waals surface area contributed by atoms with Crippen LogP contribution in [0.2, 0.25) is 0 Å². The number of aromatic carboxylic acids is 1. The second-order valence-corrected chi connectivity index (χ2v) is 4.71. The van der Waals surface area contributed by atoms with Crippen LogP contribution in [0.15, 0.2) is 12.1 Å². The van der Waals surface area contributed by atoms with Crippen LogP contribution >= 0.6 is 0 Å². The van der Waals surface area contributed by atoms with Crippen molar-refractivity contribution in [1.29, 1.82) is 0 Å². The van der Waals surface area contributed by atoms with Gasteiger partial charge in [0.1, 0.15) is 11.6 Å². The highest BCUT2D eigenvalue weighted by Gasteiger charge is 2.45. The first kappa shape index (κ1) is 13.5. The van der Waals surface area contributed by atoms with E-state index in [1.807, 2.05) is 0 Å². The lowest BCUT2D eigenvalue weighted by atomic mass is 9.78. The van der Waals surface area contributed by atoms with Crippen LogP contribution in [0.4, 0.5) is 8.78 Å². The smallest absolute Gasteiger partial charge is 0.338 e. The minimum Gasteiger partial charge on any atom is -0.481 e. The maximum atomic E-state index is 14.0. The van der Waals surface area contributed by atoms with E-state index in [0.717, 1.165) is 0 Å². The third-order valence-corrected chi connectivity index (χ3v) is 3.67. The zero-order valence-electron chi connectivity index (χ0n) is 9.95. The first-order valence-electron chi connectivity index (χ1n) is 5.85. The largest absolute Gasteiger partial charge is 0.481 e. The van der Waals surface area contributed by atoms with E-state index in [9.17, 15) is 23.5 Å². The summed E-state index contributed by atoms with van der Waals surface area (Å²) in [5, 5.41) is 18.0. The second kappa shape index (κ2) is 4.60. The molecule has 0 unspecified atom stereocenters. The molecule has 1 saturated carbocycles. The molecule has 2 N–H and O–H groups in total. The molecule has 19 heavy (non-hydrogen) atoms. The molecule has 0 spiro atoms. The number of carboxylic acids is 2. The van der Waals surface area contributed by atoms with Gasteiger partial charge in [0.25, 0.3) is 0 Å². The lowest BCUT2D eigenvalue weighted by molar-refractivity contribution is -0.143. The molecular formula is C13H12F2O4. The Morgan fingerprint density at radius 3 is 2.11 bits per heavy atom. The average Bonchev–Trinajstić information content (AvgIpc) is 2.81. The lowest BCUT2D eigenvalue weighted by Gasteiger charge is -2.25. The highest BCUT2D eigenvalue weighted by Crippen LogP contribution is 2.42. The van der Waals surface area contributed by atoms with Crippen molar-refractivity contribution in [3.05, 3.63) is 34.9 Å². The van der Waals surface area contributed by atoms with Crippen molar-refractivity contribution in [2.24, 2.45) is 0 Å². The van der Waals surface area contributed by atoms with Crippen molar-refractivity contribution in [1.82, 2.24) is 0 Å². The molecule has 1 fully saturated rings. The number of aliphatic carboxylic acids is 1. The number of hydrogen-bond donors (Lipinski definition) is 2. The van der Waals surface area contributed by atoms with Gasteiger partial charge in [-0.3, -0.25) is 4.79 Å². The van der Waals surface area contributed by atoms with Gasteiger partial charge in [0.05, 0.1) is 11.0 Å². The summed E-state index contributed by atoms with van der Waals surface area (Å²) in [6.07, 6.45) is 1.69. The summed E-state index contributed by atoms with van der Waals surface area (Å²) in [6.45, 7) is 0. The SMILES string of the molecule is O=C(O)c1cc(F)c(C2(C(=O)O)CCCC2)cc1F. The van der Waals surface area contributed by atoms with Crippen molar-refractivity contribution < 1.29 is 28.6 Å². The standard InChI is InChI=1S/C13H12F2O4/c14-9-6-8(10(15)5-7(9)11(16)17)13(12(18)19)3-1-2-4-13/h5-6H,1-4H2,(H,16,17)(H,18,19). The monoisotopic (exact) mass is 270 g/mol. The van der Waals surface area contributed by atoms with Crippen molar-refractivity contribution in [2.75, 3.05) is 0 Å². The highest BCUT2D eigenvalue weighted by molar-refractivity contribution is 5.88. The number of hydrogen-bond acceptors (Lipinski definition) is 2. The minimum atomic E-state index is -1.58. The van der Waals surface area contributed by atoms with Crippen LogP contribution < -0.4 is 0 Å². The van der Waals surface area contributed by atoms with Gasteiger partial charge >= 0.3 is 11.9 Å². The van der Waals surface area contributed by atoms with Crippen LogP contribution in [0.3, 0.4) is 0 Å². The number of benzene rings is 1. The Labute approximate surface area is 107 Å². The van der Waals surface area contributed by atoms with E-state index in [1.165, 1.54) is 0 Å². The summed E-state index contributed by atoms with van der Waals surface area (Å²) < 4.78 is 27.6. The van der Waals surface area contributed by atoms with Gasteiger partial charge in [0.2, 0.25) is 0 Å². The van der Waals surface area contributed by atoms with Gasteiger partial charge in [-0.25, -0.2) is 13.6 Å². The highest BCUT2D eigenvalue weighted by atomic mass is 19.1. The Kier molecular flexibility index (Phi) is 3.26. The maximum Gasteiger partial charge on any atom is 0.338 e. The summed E-state index contributed by atoms with van der Waals surface area (Å²) >= 11 is 0. The number of halogens is 2. The molecule has 1 aliphatic rings. The number of carboxylic acid groups (broad SMARTS) is 2. The van der Waals surface area contributed by atoms with Crippen molar-refractivity contribution in [2.45, 2.75) is 31.1 Å². The van der Waals surface area contributed by atoms with Gasteiger partial charge in [0, 0.05) is 5.56 Å². The van der Waals surface area contributed by atoms with Gasteiger partial charge in [-0.15, -0.1) is 0 Å². The van der Waals surface area contributed by atoms with Crippen LogP contribution in [-0.4, -0.2) is 22.2 Å². The van der Waals surface area contributed by atoms with E-state index in [1.54, 1.807) is 0 Å². The molecule has 0 heterocycles. The maximum absolute atomic E-state index is 14.0. The zero-order chi connectivity index (χ0) is 14.2. The lowest BCUT2D eigenvalue weighted by Crippen LogP contribution is -2.34. The Hall–Kier alpha value is -1.98. The van der Waals surface area contributed by atoms with E-state index in [2.05, 4.69) is 0 Å². The Balaban J connectivity index is 2.59. The molecule has 0 amide bonds. The topological polar surface area (TPSA) is 74.6 Å². The zero-order valence-corrected chi connectivity index (χ0v) is 9.95.